The Bertz CT molecular complexity index is 623. The number of carbonyl (C=O) groups is 1. The van der Waals surface area contributed by atoms with Crippen LogP contribution in [0.4, 0.5) is 5.95 Å². The Balaban J connectivity index is 1.90. The Kier molecular flexibility index (Phi) is 2.08. The number of rotatable bonds is 2. The number of imidazole rings is 1. The smallest absolute Gasteiger partial charge is 0.278 e. The number of carbonyl (C=O) groups excluding carboxylic acids is 1. The van der Waals surface area contributed by atoms with Gasteiger partial charge in [0.15, 0.2) is 0 Å². The van der Waals surface area contributed by atoms with Gasteiger partial charge in [-0.1, -0.05) is 6.07 Å². The number of H-pyrrole nitrogens is 1. The first kappa shape index (κ1) is 9.52. The van der Waals surface area contributed by atoms with Crippen LogP contribution in [0.15, 0.2) is 36.9 Å². The molecule has 0 bridgehead atoms. The first-order valence-electron chi connectivity index (χ1n) is 4.93. The molecule has 3 heterocycles. The van der Waals surface area contributed by atoms with Crippen molar-refractivity contribution in [1.82, 2.24) is 24.6 Å². The van der Waals surface area contributed by atoms with Crippen molar-refractivity contribution in [2.75, 3.05) is 5.32 Å². The van der Waals surface area contributed by atoms with E-state index in [-0.39, 0.29) is 5.91 Å². The van der Waals surface area contributed by atoms with Gasteiger partial charge in [-0.05, 0) is 12.1 Å². The van der Waals surface area contributed by atoms with Crippen molar-refractivity contribution in [3.63, 3.8) is 0 Å². The lowest BCUT2D eigenvalue weighted by Gasteiger charge is -1.95. The fourth-order valence-corrected chi connectivity index (χ4v) is 1.48. The zero-order chi connectivity index (χ0) is 11.7. The van der Waals surface area contributed by atoms with Crippen molar-refractivity contribution in [2.24, 2.45) is 0 Å². The predicted molar refractivity (Wildman–Crippen MR) is 59.5 cm³/mol. The molecule has 84 valence electrons. The first-order valence-corrected chi connectivity index (χ1v) is 4.93. The minimum absolute atomic E-state index is 0.298. The molecule has 0 unspecified atom stereocenters. The summed E-state index contributed by atoms with van der Waals surface area (Å²) in [5, 5.41) is 8.73. The summed E-state index contributed by atoms with van der Waals surface area (Å²) >= 11 is 0. The Morgan fingerprint density at radius 1 is 1.41 bits per heavy atom. The van der Waals surface area contributed by atoms with Crippen LogP contribution in [-0.2, 0) is 0 Å². The number of aromatic amines is 1. The van der Waals surface area contributed by atoms with Gasteiger partial charge in [0.2, 0.25) is 5.95 Å². The monoisotopic (exact) mass is 228 g/mol. The standard InChI is InChI=1S/C10H8N6O/c17-9(14-10-11-6-12-15-10)7-5-16-4-2-1-3-8(16)13-7/h1-6H,(H2,11,12,14,15,17). The molecule has 0 saturated heterocycles. The maximum Gasteiger partial charge on any atom is 0.278 e. The number of nitrogens with one attached hydrogen (secondary N) is 2. The van der Waals surface area contributed by atoms with E-state index in [0.29, 0.717) is 11.6 Å². The van der Waals surface area contributed by atoms with Crippen LogP contribution >= 0.6 is 0 Å². The van der Waals surface area contributed by atoms with E-state index in [9.17, 15) is 4.79 Å². The molecule has 0 saturated carbocycles. The molecule has 7 heteroatoms. The van der Waals surface area contributed by atoms with Crippen molar-refractivity contribution in [1.29, 1.82) is 0 Å². The van der Waals surface area contributed by atoms with Gasteiger partial charge >= 0.3 is 0 Å². The van der Waals surface area contributed by atoms with Crippen LogP contribution in [0.2, 0.25) is 0 Å². The Morgan fingerprint density at radius 2 is 2.35 bits per heavy atom. The molecule has 0 aliphatic rings. The molecule has 0 aliphatic heterocycles. The zero-order valence-corrected chi connectivity index (χ0v) is 8.66. The second-order valence-corrected chi connectivity index (χ2v) is 3.38. The van der Waals surface area contributed by atoms with Gasteiger partial charge in [-0.15, -0.1) is 0 Å². The third-order valence-corrected chi connectivity index (χ3v) is 2.24. The molecular weight excluding hydrogens is 220 g/mol. The van der Waals surface area contributed by atoms with Gasteiger partial charge in [-0.25, -0.2) is 10.1 Å². The number of amides is 1. The number of hydrogen-bond acceptors (Lipinski definition) is 4. The summed E-state index contributed by atoms with van der Waals surface area (Å²) in [7, 11) is 0. The normalized spacial score (nSPS) is 10.6. The lowest BCUT2D eigenvalue weighted by Crippen LogP contribution is -2.13. The highest BCUT2D eigenvalue weighted by Crippen LogP contribution is 2.06. The molecule has 7 nitrogen and oxygen atoms in total. The third-order valence-electron chi connectivity index (χ3n) is 2.24. The third kappa shape index (κ3) is 1.73. The molecular formula is C10H8N6O. The topological polar surface area (TPSA) is 88.0 Å². The fourth-order valence-electron chi connectivity index (χ4n) is 1.48. The van der Waals surface area contributed by atoms with Crippen LogP contribution in [0.1, 0.15) is 10.5 Å². The average molecular weight is 228 g/mol. The van der Waals surface area contributed by atoms with Crippen LogP contribution in [0.5, 0.6) is 0 Å². The largest absolute Gasteiger partial charge is 0.306 e. The number of aromatic nitrogens is 5. The van der Waals surface area contributed by atoms with E-state index in [1.165, 1.54) is 6.33 Å². The van der Waals surface area contributed by atoms with Gasteiger partial charge in [-0.2, -0.15) is 10.1 Å². The second kappa shape index (κ2) is 3.71. The molecule has 3 aromatic heterocycles. The average Bonchev–Trinajstić information content (AvgIpc) is 2.96. The summed E-state index contributed by atoms with van der Waals surface area (Å²) in [6.45, 7) is 0. The SMILES string of the molecule is O=C(Nc1ncn[nH]1)c1cn2ccccc2n1. The number of pyridine rings is 1. The van der Waals surface area contributed by atoms with Crippen molar-refractivity contribution in [3.05, 3.63) is 42.6 Å². The minimum Gasteiger partial charge on any atom is -0.306 e. The molecule has 3 aromatic rings. The lowest BCUT2D eigenvalue weighted by atomic mass is 10.4. The van der Waals surface area contributed by atoms with E-state index in [0.717, 1.165) is 5.65 Å². The van der Waals surface area contributed by atoms with E-state index >= 15 is 0 Å². The molecule has 1 amide bonds. The number of hydrogen-bond donors (Lipinski definition) is 2. The van der Waals surface area contributed by atoms with E-state index in [1.54, 1.807) is 10.6 Å². The van der Waals surface area contributed by atoms with E-state index in [2.05, 4.69) is 25.5 Å². The highest BCUT2D eigenvalue weighted by atomic mass is 16.2. The summed E-state index contributed by atoms with van der Waals surface area (Å²) in [6, 6.07) is 5.55. The van der Waals surface area contributed by atoms with Crippen LogP contribution in [0.25, 0.3) is 5.65 Å². The quantitative estimate of drug-likeness (QED) is 0.676. The number of fused-ring (bicyclic) bond motifs is 1. The fraction of sp³-hybridized carbons (Fsp3) is 0. The summed E-state index contributed by atoms with van der Waals surface area (Å²) in [5.74, 6) is -0.0301. The molecule has 0 spiro atoms. The van der Waals surface area contributed by atoms with E-state index in [1.807, 2.05) is 24.4 Å². The first-order chi connectivity index (χ1) is 8.33. The van der Waals surface area contributed by atoms with E-state index in [4.69, 9.17) is 0 Å². The highest BCUT2D eigenvalue weighted by molar-refractivity contribution is 6.02. The van der Waals surface area contributed by atoms with Gasteiger partial charge in [0, 0.05) is 12.4 Å². The predicted octanol–water partition coefficient (Wildman–Crippen LogP) is 0.705. The second-order valence-electron chi connectivity index (χ2n) is 3.38. The molecule has 3 rings (SSSR count). The van der Waals surface area contributed by atoms with Crippen molar-refractivity contribution in [2.45, 2.75) is 0 Å². The van der Waals surface area contributed by atoms with Crippen LogP contribution in [0, 0.1) is 0 Å². The van der Waals surface area contributed by atoms with Crippen molar-refractivity contribution < 1.29 is 4.79 Å². The molecule has 0 aromatic carbocycles. The summed E-state index contributed by atoms with van der Waals surface area (Å²) in [5.41, 5.74) is 1.04. The number of nitrogens with zero attached hydrogens (tertiary/aromatic N) is 4. The minimum atomic E-state index is -0.328. The van der Waals surface area contributed by atoms with Gasteiger partial charge in [0.25, 0.3) is 5.91 Å². The highest BCUT2D eigenvalue weighted by Gasteiger charge is 2.11. The Hall–Kier alpha value is -2.70. The molecule has 0 radical (unpaired) electrons. The van der Waals surface area contributed by atoms with Gasteiger partial charge in [0.05, 0.1) is 0 Å². The molecule has 0 aliphatic carbocycles. The zero-order valence-electron chi connectivity index (χ0n) is 8.66. The van der Waals surface area contributed by atoms with Crippen LogP contribution in [0.3, 0.4) is 0 Å². The Morgan fingerprint density at radius 3 is 3.12 bits per heavy atom. The van der Waals surface area contributed by atoms with Crippen molar-refractivity contribution >= 4 is 17.5 Å². The van der Waals surface area contributed by atoms with Crippen molar-refractivity contribution in [3.8, 4) is 0 Å². The van der Waals surface area contributed by atoms with Gasteiger partial charge in [-0.3, -0.25) is 10.1 Å². The van der Waals surface area contributed by atoms with Gasteiger partial charge in [0.1, 0.15) is 17.7 Å². The van der Waals surface area contributed by atoms with E-state index < -0.39 is 0 Å². The molecule has 0 atom stereocenters. The number of anilines is 1. The summed E-state index contributed by atoms with van der Waals surface area (Å²) in [4.78, 5) is 19.8. The lowest BCUT2D eigenvalue weighted by molar-refractivity contribution is 0.102. The molecule has 0 fully saturated rings. The molecule has 17 heavy (non-hydrogen) atoms. The van der Waals surface area contributed by atoms with Gasteiger partial charge < -0.3 is 4.40 Å². The maximum absolute atomic E-state index is 11.8. The maximum atomic E-state index is 11.8. The molecule has 2 N–H and O–H groups in total. The van der Waals surface area contributed by atoms with Crippen LogP contribution < -0.4 is 5.32 Å². The Labute approximate surface area is 95.5 Å². The van der Waals surface area contributed by atoms with Crippen LogP contribution in [-0.4, -0.2) is 30.5 Å². The summed E-state index contributed by atoms with van der Waals surface area (Å²) < 4.78 is 1.77. The summed E-state index contributed by atoms with van der Waals surface area (Å²) in [6.07, 6.45) is 4.80.